The van der Waals surface area contributed by atoms with Gasteiger partial charge in [-0.05, 0) is 55.5 Å². The monoisotopic (exact) mass is 406 g/mol. The molecule has 1 aromatic heterocycles. The molecule has 0 fully saturated rings. The number of hydrogen-bond donors (Lipinski definition) is 2. The Bertz CT molecular complexity index is 976. The lowest BCUT2D eigenvalue weighted by molar-refractivity contribution is 0.100. The number of benzene rings is 1. The fourth-order valence-electron chi connectivity index (χ4n) is 3.25. The van der Waals surface area contributed by atoms with E-state index in [2.05, 4.69) is 5.32 Å². The van der Waals surface area contributed by atoms with Crippen LogP contribution in [-0.4, -0.2) is 26.0 Å². The molecule has 0 aliphatic heterocycles. The van der Waals surface area contributed by atoms with Crippen molar-refractivity contribution in [1.29, 1.82) is 0 Å². The number of carbonyl (C=O) groups excluding carboxylic acids is 2. The fraction of sp³-hybridized carbons (Fsp3) is 0.368. The molecule has 2 amide bonds. The minimum absolute atomic E-state index is 0.00125. The second kappa shape index (κ2) is 7.82. The first-order valence-electron chi connectivity index (χ1n) is 8.92. The van der Waals surface area contributed by atoms with Gasteiger partial charge in [0.2, 0.25) is 0 Å². The molecular formula is C19H22N2O4S2. The summed E-state index contributed by atoms with van der Waals surface area (Å²) in [5.74, 6) is -0.926. The lowest BCUT2D eigenvalue weighted by atomic mass is 10.1. The van der Waals surface area contributed by atoms with E-state index in [4.69, 9.17) is 5.73 Å². The number of fused-ring (bicyclic) bond motifs is 1. The fourth-order valence-corrected chi connectivity index (χ4v) is 5.42. The largest absolute Gasteiger partial charge is 0.365 e. The Morgan fingerprint density at radius 3 is 2.41 bits per heavy atom. The summed E-state index contributed by atoms with van der Waals surface area (Å²) in [6, 6.07) is 5.79. The van der Waals surface area contributed by atoms with Crippen LogP contribution in [0.2, 0.25) is 0 Å². The SMILES string of the molecule is CCS(=O)(=O)c1ccc(C(=O)Nc2sc3c(c2C(N)=O)CCCCC3)cc1. The van der Waals surface area contributed by atoms with Crippen molar-refractivity contribution in [2.24, 2.45) is 5.73 Å². The Hall–Kier alpha value is -2.19. The topological polar surface area (TPSA) is 106 Å². The Morgan fingerprint density at radius 2 is 1.78 bits per heavy atom. The molecule has 3 rings (SSSR count). The second-order valence-electron chi connectivity index (χ2n) is 6.51. The Labute approximate surface area is 162 Å². The molecule has 1 heterocycles. The van der Waals surface area contributed by atoms with Crippen molar-refractivity contribution in [1.82, 2.24) is 0 Å². The zero-order chi connectivity index (χ0) is 19.6. The van der Waals surface area contributed by atoms with Crippen molar-refractivity contribution >= 4 is 38.0 Å². The van der Waals surface area contributed by atoms with Crippen molar-refractivity contribution in [3.05, 3.63) is 45.8 Å². The molecule has 144 valence electrons. The molecule has 3 N–H and O–H groups in total. The number of carbonyl (C=O) groups is 2. The summed E-state index contributed by atoms with van der Waals surface area (Å²) in [4.78, 5) is 25.9. The standard InChI is InChI=1S/C19H22N2O4S2/c1-2-27(24,25)13-10-8-12(9-11-13)18(23)21-19-16(17(20)22)14-6-4-3-5-7-15(14)26-19/h8-11H,2-7H2,1H3,(H2,20,22)(H,21,23). The van der Waals surface area contributed by atoms with E-state index in [0.717, 1.165) is 42.5 Å². The lowest BCUT2D eigenvalue weighted by Crippen LogP contribution is -2.18. The maximum atomic E-state index is 12.6. The van der Waals surface area contributed by atoms with Crippen LogP contribution < -0.4 is 11.1 Å². The third kappa shape index (κ3) is 4.06. The van der Waals surface area contributed by atoms with Crippen LogP contribution in [0, 0.1) is 0 Å². The van der Waals surface area contributed by atoms with E-state index in [1.165, 1.54) is 35.6 Å². The maximum Gasteiger partial charge on any atom is 0.256 e. The first kappa shape index (κ1) is 19.6. The Kier molecular flexibility index (Phi) is 5.67. The zero-order valence-corrected chi connectivity index (χ0v) is 16.7. The van der Waals surface area contributed by atoms with E-state index in [-0.39, 0.29) is 10.6 Å². The van der Waals surface area contributed by atoms with Gasteiger partial charge in [0.25, 0.3) is 11.8 Å². The molecule has 2 aromatic rings. The second-order valence-corrected chi connectivity index (χ2v) is 9.90. The highest BCUT2D eigenvalue weighted by Crippen LogP contribution is 2.37. The summed E-state index contributed by atoms with van der Waals surface area (Å²) >= 11 is 1.41. The number of nitrogens with one attached hydrogen (secondary N) is 1. The number of hydrogen-bond acceptors (Lipinski definition) is 5. The third-order valence-electron chi connectivity index (χ3n) is 4.75. The Morgan fingerprint density at radius 1 is 1.11 bits per heavy atom. The third-order valence-corrected chi connectivity index (χ3v) is 7.71. The summed E-state index contributed by atoms with van der Waals surface area (Å²) in [5, 5.41) is 3.26. The summed E-state index contributed by atoms with van der Waals surface area (Å²) in [6.45, 7) is 1.57. The van der Waals surface area contributed by atoms with Crippen LogP contribution >= 0.6 is 11.3 Å². The van der Waals surface area contributed by atoms with E-state index in [1.54, 1.807) is 6.92 Å². The molecule has 1 aliphatic carbocycles. The molecular weight excluding hydrogens is 384 g/mol. The quantitative estimate of drug-likeness (QED) is 0.744. The molecule has 0 spiro atoms. The van der Waals surface area contributed by atoms with Crippen molar-refractivity contribution in [3.63, 3.8) is 0 Å². The van der Waals surface area contributed by atoms with Crippen LogP contribution in [0.5, 0.6) is 0 Å². The number of primary amides is 1. The molecule has 1 aliphatic rings. The highest BCUT2D eigenvalue weighted by Gasteiger charge is 2.24. The van der Waals surface area contributed by atoms with Gasteiger partial charge in [-0.25, -0.2) is 8.42 Å². The van der Waals surface area contributed by atoms with E-state index in [1.807, 2.05) is 0 Å². The first-order chi connectivity index (χ1) is 12.8. The molecule has 0 atom stereocenters. The van der Waals surface area contributed by atoms with E-state index >= 15 is 0 Å². The van der Waals surface area contributed by atoms with Gasteiger partial charge in [-0.15, -0.1) is 11.3 Å². The normalized spacial score (nSPS) is 14.3. The minimum Gasteiger partial charge on any atom is -0.365 e. The number of rotatable bonds is 5. The van der Waals surface area contributed by atoms with Gasteiger partial charge in [-0.3, -0.25) is 9.59 Å². The van der Waals surface area contributed by atoms with Crippen LogP contribution in [0.25, 0.3) is 0 Å². The average Bonchev–Trinajstić information content (AvgIpc) is 2.82. The molecule has 8 heteroatoms. The molecule has 0 radical (unpaired) electrons. The van der Waals surface area contributed by atoms with Gasteiger partial charge in [0.05, 0.1) is 16.2 Å². The summed E-state index contributed by atoms with van der Waals surface area (Å²) in [7, 11) is -3.31. The molecule has 27 heavy (non-hydrogen) atoms. The van der Waals surface area contributed by atoms with Gasteiger partial charge < -0.3 is 11.1 Å². The van der Waals surface area contributed by atoms with Crippen LogP contribution in [-0.2, 0) is 22.7 Å². The summed E-state index contributed by atoms with van der Waals surface area (Å²) < 4.78 is 23.8. The van der Waals surface area contributed by atoms with Gasteiger partial charge in [-0.1, -0.05) is 13.3 Å². The van der Waals surface area contributed by atoms with Crippen molar-refractivity contribution < 1.29 is 18.0 Å². The van der Waals surface area contributed by atoms with Crippen molar-refractivity contribution in [2.45, 2.75) is 43.9 Å². The van der Waals surface area contributed by atoms with Gasteiger partial charge >= 0.3 is 0 Å². The summed E-state index contributed by atoms with van der Waals surface area (Å²) in [6.07, 6.45) is 4.87. The number of anilines is 1. The zero-order valence-electron chi connectivity index (χ0n) is 15.1. The van der Waals surface area contributed by atoms with Crippen LogP contribution in [0.15, 0.2) is 29.2 Å². The number of aryl methyl sites for hydroxylation is 1. The Balaban J connectivity index is 1.87. The molecule has 0 unspecified atom stereocenters. The molecule has 0 saturated carbocycles. The van der Waals surface area contributed by atoms with Gasteiger partial charge in [-0.2, -0.15) is 0 Å². The van der Waals surface area contributed by atoms with Gasteiger partial charge in [0, 0.05) is 10.4 Å². The first-order valence-corrected chi connectivity index (χ1v) is 11.4. The van der Waals surface area contributed by atoms with Crippen molar-refractivity contribution in [3.8, 4) is 0 Å². The van der Waals surface area contributed by atoms with E-state index in [0.29, 0.717) is 16.1 Å². The van der Waals surface area contributed by atoms with Gasteiger partial charge in [0.15, 0.2) is 9.84 Å². The number of amides is 2. The number of sulfone groups is 1. The van der Waals surface area contributed by atoms with Crippen LogP contribution in [0.4, 0.5) is 5.00 Å². The predicted octanol–water partition coefficient (Wildman–Crippen LogP) is 3.16. The van der Waals surface area contributed by atoms with E-state index in [9.17, 15) is 18.0 Å². The minimum atomic E-state index is -3.31. The van der Waals surface area contributed by atoms with Crippen LogP contribution in [0.3, 0.4) is 0 Å². The predicted molar refractivity (Wildman–Crippen MR) is 106 cm³/mol. The molecule has 0 saturated heterocycles. The highest BCUT2D eigenvalue weighted by atomic mass is 32.2. The average molecular weight is 407 g/mol. The van der Waals surface area contributed by atoms with Crippen molar-refractivity contribution in [2.75, 3.05) is 11.1 Å². The molecule has 6 nitrogen and oxygen atoms in total. The smallest absolute Gasteiger partial charge is 0.256 e. The lowest BCUT2D eigenvalue weighted by Gasteiger charge is -2.07. The molecule has 1 aromatic carbocycles. The van der Waals surface area contributed by atoms with Gasteiger partial charge in [0.1, 0.15) is 5.00 Å². The summed E-state index contributed by atoms with van der Waals surface area (Å²) in [5.41, 5.74) is 7.28. The number of nitrogens with two attached hydrogens (primary N) is 1. The molecule has 0 bridgehead atoms. The van der Waals surface area contributed by atoms with E-state index < -0.39 is 21.7 Å². The highest BCUT2D eigenvalue weighted by molar-refractivity contribution is 7.91. The maximum absolute atomic E-state index is 12.6. The van der Waals surface area contributed by atoms with Crippen LogP contribution in [0.1, 0.15) is 57.3 Å². The number of thiophene rings is 1.